The molecule has 1 saturated heterocycles. The number of rotatable bonds is 1. The molecule has 0 spiro atoms. The molecular formula is C10H13FN2O. The summed E-state index contributed by atoms with van der Waals surface area (Å²) in [5.41, 5.74) is 6.76. The van der Waals surface area contributed by atoms with Gasteiger partial charge in [0.05, 0.1) is 19.3 Å². The molecule has 0 aliphatic carbocycles. The van der Waals surface area contributed by atoms with Crippen molar-refractivity contribution in [2.75, 3.05) is 25.5 Å². The molecule has 1 fully saturated rings. The summed E-state index contributed by atoms with van der Waals surface area (Å²) in [7, 11) is 0. The Morgan fingerprint density at radius 1 is 1.50 bits per heavy atom. The van der Waals surface area contributed by atoms with Gasteiger partial charge < -0.3 is 15.8 Å². The lowest BCUT2D eigenvalue weighted by Gasteiger charge is -2.24. The van der Waals surface area contributed by atoms with Crippen LogP contribution in [0.4, 0.5) is 10.1 Å². The van der Waals surface area contributed by atoms with Gasteiger partial charge in [-0.15, -0.1) is 0 Å². The molecule has 1 aliphatic heterocycles. The summed E-state index contributed by atoms with van der Waals surface area (Å²) in [4.78, 5) is 0. The summed E-state index contributed by atoms with van der Waals surface area (Å²) in [5.74, 6) is -0.234. The van der Waals surface area contributed by atoms with Crippen LogP contribution in [0.2, 0.25) is 0 Å². The number of anilines is 1. The number of hydrogen-bond donors (Lipinski definition) is 2. The quantitative estimate of drug-likeness (QED) is 0.660. The van der Waals surface area contributed by atoms with Gasteiger partial charge in [0, 0.05) is 17.8 Å². The minimum atomic E-state index is -0.234. The van der Waals surface area contributed by atoms with E-state index < -0.39 is 0 Å². The number of hydrogen-bond acceptors (Lipinski definition) is 3. The van der Waals surface area contributed by atoms with Crippen LogP contribution in [-0.4, -0.2) is 19.8 Å². The first-order valence-electron chi connectivity index (χ1n) is 4.63. The van der Waals surface area contributed by atoms with Crippen LogP contribution < -0.4 is 11.1 Å². The van der Waals surface area contributed by atoms with E-state index in [9.17, 15) is 4.39 Å². The largest absolute Gasteiger partial charge is 0.399 e. The van der Waals surface area contributed by atoms with Crippen molar-refractivity contribution in [3.63, 3.8) is 0 Å². The highest BCUT2D eigenvalue weighted by atomic mass is 19.1. The van der Waals surface area contributed by atoms with Crippen LogP contribution in [0, 0.1) is 5.82 Å². The second kappa shape index (κ2) is 3.94. The van der Waals surface area contributed by atoms with Crippen LogP contribution in [0.5, 0.6) is 0 Å². The molecule has 1 heterocycles. The maximum absolute atomic E-state index is 13.4. The Balaban J connectivity index is 2.24. The predicted molar refractivity (Wildman–Crippen MR) is 52.4 cm³/mol. The minimum absolute atomic E-state index is 0.0766. The third-order valence-corrected chi connectivity index (χ3v) is 2.32. The van der Waals surface area contributed by atoms with E-state index in [1.165, 1.54) is 6.07 Å². The molecule has 0 radical (unpaired) electrons. The summed E-state index contributed by atoms with van der Waals surface area (Å²) < 4.78 is 18.7. The minimum Gasteiger partial charge on any atom is -0.399 e. The lowest BCUT2D eigenvalue weighted by Crippen LogP contribution is -2.35. The number of benzene rings is 1. The van der Waals surface area contributed by atoms with Gasteiger partial charge in [-0.1, -0.05) is 0 Å². The summed E-state index contributed by atoms with van der Waals surface area (Å²) in [6.07, 6.45) is 0. The van der Waals surface area contributed by atoms with Gasteiger partial charge in [-0.25, -0.2) is 4.39 Å². The number of halogens is 1. The van der Waals surface area contributed by atoms with Gasteiger partial charge in [0.1, 0.15) is 5.82 Å². The Morgan fingerprint density at radius 3 is 3.07 bits per heavy atom. The monoisotopic (exact) mass is 196 g/mol. The van der Waals surface area contributed by atoms with E-state index in [-0.39, 0.29) is 11.9 Å². The maximum Gasteiger partial charge on any atom is 0.128 e. The van der Waals surface area contributed by atoms with Crippen molar-refractivity contribution in [1.82, 2.24) is 5.32 Å². The summed E-state index contributed by atoms with van der Waals surface area (Å²) in [5, 5.41) is 3.18. The highest BCUT2D eigenvalue weighted by Gasteiger charge is 2.18. The lowest BCUT2D eigenvalue weighted by molar-refractivity contribution is 0.0758. The number of nitrogens with one attached hydrogen (secondary N) is 1. The smallest absolute Gasteiger partial charge is 0.128 e. The lowest BCUT2D eigenvalue weighted by atomic mass is 10.1. The van der Waals surface area contributed by atoms with E-state index in [1.54, 1.807) is 12.1 Å². The van der Waals surface area contributed by atoms with Crippen molar-refractivity contribution in [2.45, 2.75) is 6.04 Å². The first-order chi connectivity index (χ1) is 6.77. The molecule has 0 unspecified atom stereocenters. The van der Waals surface area contributed by atoms with Crippen LogP contribution in [0.15, 0.2) is 18.2 Å². The fourth-order valence-corrected chi connectivity index (χ4v) is 1.59. The van der Waals surface area contributed by atoms with Gasteiger partial charge in [0.15, 0.2) is 0 Å². The van der Waals surface area contributed by atoms with Gasteiger partial charge in [0.25, 0.3) is 0 Å². The molecule has 4 heteroatoms. The second-order valence-corrected chi connectivity index (χ2v) is 3.36. The Bertz CT molecular complexity index is 324. The van der Waals surface area contributed by atoms with Gasteiger partial charge in [-0.3, -0.25) is 0 Å². The van der Waals surface area contributed by atoms with Crippen LogP contribution in [0.3, 0.4) is 0 Å². The molecule has 1 aliphatic rings. The Labute approximate surface area is 82.1 Å². The Hall–Kier alpha value is -1.13. The molecule has 3 nitrogen and oxygen atoms in total. The molecule has 0 amide bonds. The summed E-state index contributed by atoms with van der Waals surface area (Å²) in [6, 6.07) is 4.53. The fourth-order valence-electron chi connectivity index (χ4n) is 1.59. The molecular weight excluding hydrogens is 183 g/mol. The molecule has 0 bridgehead atoms. The van der Waals surface area contributed by atoms with Gasteiger partial charge in [-0.2, -0.15) is 0 Å². The van der Waals surface area contributed by atoms with Crippen LogP contribution in [-0.2, 0) is 4.74 Å². The zero-order valence-electron chi connectivity index (χ0n) is 7.79. The Morgan fingerprint density at radius 2 is 2.36 bits per heavy atom. The van der Waals surface area contributed by atoms with E-state index >= 15 is 0 Å². The highest BCUT2D eigenvalue weighted by molar-refractivity contribution is 5.42. The normalized spacial score (nSPS) is 22.2. The summed E-state index contributed by atoms with van der Waals surface area (Å²) >= 11 is 0. The average Bonchev–Trinajstić information content (AvgIpc) is 2.23. The predicted octanol–water partition coefficient (Wildman–Crippen LogP) is 1.07. The van der Waals surface area contributed by atoms with E-state index in [1.807, 2.05) is 0 Å². The van der Waals surface area contributed by atoms with E-state index in [0.29, 0.717) is 24.5 Å². The van der Waals surface area contributed by atoms with E-state index in [2.05, 4.69) is 5.32 Å². The first kappa shape index (κ1) is 9.43. The summed E-state index contributed by atoms with van der Waals surface area (Å²) in [6.45, 7) is 1.93. The molecule has 0 aromatic heterocycles. The molecule has 76 valence electrons. The first-order valence-corrected chi connectivity index (χ1v) is 4.63. The average molecular weight is 196 g/mol. The zero-order chi connectivity index (χ0) is 9.97. The highest BCUT2D eigenvalue weighted by Crippen LogP contribution is 2.21. The third kappa shape index (κ3) is 1.86. The number of nitrogen functional groups attached to an aromatic ring is 1. The van der Waals surface area contributed by atoms with Crippen molar-refractivity contribution >= 4 is 5.69 Å². The topological polar surface area (TPSA) is 47.3 Å². The molecule has 14 heavy (non-hydrogen) atoms. The van der Waals surface area contributed by atoms with Crippen molar-refractivity contribution in [3.05, 3.63) is 29.6 Å². The van der Waals surface area contributed by atoms with E-state index in [4.69, 9.17) is 10.5 Å². The van der Waals surface area contributed by atoms with Gasteiger partial charge in [0.2, 0.25) is 0 Å². The number of nitrogens with two attached hydrogens (primary N) is 1. The SMILES string of the molecule is Nc1ccc(F)c([C@@H]2COCCN2)c1. The van der Waals surface area contributed by atoms with Crippen molar-refractivity contribution in [2.24, 2.45) is 0 Å². The standard InChI is InChI=1S/C10H13FN2O/c11-9-2-1-7(12)5-8(9)10-6-14-4-3-13-10/h1-2,5,10,13H,3-4,6,12H2/t10-/m0/s1. The Kier molecular flexibility index (Phi) is 2.65. The van der Waals surface area contributed by atoms with Crippen LogP contribution in [0.25, 0.3) is 0 Å². The maximum atomic E-state index is 13.4. The van der Waals surface area contributed by atoms with Crippen molar-refractivity contribution in [3.8, 4) is 0 Å². The van der Waals surface area contributed by atoms with Crippen molar-refractivity contribution in [1.29, 1.82) is 0 Å². The second-order valence-electron chi connectivity index (χ2n) is 3.36. The number of morpholine rings is 1. The fraction of sp³-hybridized carbons (Fsp3) is 0.400. The van der Waals surface area contributed by atoms with Crippen LogP contribution >= 0.6 is 0 Å². The zero-order valence-corrected chi connectivity index (χ0v) is 7.79. The van der Waals surface area contributed by atoms with Gasteiger partial charge in [-0.05, 0) is 18.2 Å². The van der Waals surface area contributed by atoms with Crippen LogP contribution in [0.1, 0.15) is 11.6 Å². The van der Waals surface area contributed by atoms with Gasteiger partial charge >= 0.3 is 0 Å². The molecule has 2 rings (SSSR count). The molecule has 1 aromatic rings. The van der Waals surface area contributed by atoms with Crippen molar-refractivity contribution < 1.29 is 9.13 Å². The molecule has 0 saturated carbocycles. The molecule has 1 atom stereocenters. The third-order valence-electron chi connectivity index (χ3n) is 2.32. The van der Waals surface area contributed by atoms with E-state index in [0.717, 1.165) is 6.54 Å². The molecule has 3 N–H and O–H groups in total. The number of ether oxygens (including phenoxy) is 1. The molecule has 1 aromatic carbocycles.